The molecule has 0 saturated heterocycles. The molecule has 2 nitrogen and oxygen atoms in total. The lowest BCUT2D eigenvalue weighted by molar-refractivity contribution is 0.872. The summed E-state index contributed by atoms with van der Waals surface area (Å²) in [6.45, 7) is 4.10. The molecular formula is C11H11ClN2. The van der Waals surface area contributed by atoms with E-state index in [2.05, 4.69) is 30.2 Å². The van der Waals surface area contributed by atoms with Crippen LogP contribution in [0.5, 0.6) is 0 Å². The summed E-state index contributed by atoms with van der Waals surface area (Å²) in [5, 5.41) is 4.81. The molecule has 72 valence electrons. The minimum atomic E-state index is 0.638. The summed E-state index contributed by atoms with van der Waals surface area (Å²) in [6, 6.07) is 8.01. The number of hydrogen-bond donors (Lipinski definition) is 0. The third-order valence-corrected chi connectivity index (χ3v) is 2.48. The monoisotopic (exact) mass is 206 g/mol. The number of hydrogen-bond acceptors (Lipinski definition) is 1. The second-order valence-electron chi connectivity index (χ2n) is 3.36. The molecule has 0 unspecified atom stereocenters. The fourth-order valence-corrected chi connectivity index (χ4v) is 1.60. The van der Waals surface area contributed by atoms with Crippen LogP contribution < -0.4 is 0 Å². The quantitative estimate of drug-likeness (QED) is 0.701. The highest BCUT2D eigenvalue weighted by Crippen LogP contribution is 2.19. The van der Waals surface area contributed by atoms with Gasteiger partial charge in [0.2, 0.25) is 0 Å². The molecule has 0 atom stereocenters. The summed E-state index contributed by atoms with van der Waals surface area (Å²) < 4.78 is 1.74. The normalized spacial score (nSPS) is 10.5. The number of aryl methyl sites for hydroxylation is 2. The number of aromatic nitrogens is 2. The van der Waals surface area contributed by atoms with Gasteiger partial charge in [-0.05, 0) is 37.1 Å². The molecule has 14 heavy (non-hydrogen) atoms. The first-order valence-corrected chi connectivity index (χ1v) is 4.83. The largest absolute Gasteiger partial charge is 0.222 e. The number of nitrogens with zero attached hydrogens (tertiary/aromatic N) is 2. The highest BCUT2D eigenvalue weighted by Gasteiger charge is 2.05. The molecular weight excluding hydrogens is 196 g/mol. The van der Waals surface area contributed by atoms with E-state index in [9.17, 15) is 0 Å². The SMILES string of the molecule is Cc1ccc(C)c(-n2nccc2Cl)c1. The van der Waals surface area contributed by atoms with E-state index in [1.165, 1.54) is 11.1 Å². The van der Waals surface area contributed by atoms with E-state index in [0.29, 0.717) is 5.15 Å². The standard InChI is InChI=1S/C11H11ClN2/c1-8-3-4-9(2)10(7-8)14-11(12)5-6-13-14/h3-7H,1-2H3. The average Bonchev–Trinajstić information content (AvgIpc) is 2.56. The van der Waals surface area contributed by atoms with Crippen molar-refractivity contribution in [3.63, 3.8) is 0 Å². The second kappa shape index (κ2) is 3.46. The fourth-order valence-electron chi connectivity index (χ4n) is 1.41. The van der Waals surface area contributed by atoms with Gasteiger partial charge in [-0.15, -0.1) is 0 Å². The van der Waals surface area contributed by atoms with Crippen molar-refractivity contribution in [1.29, 1.82) is 0 Å². The van der Waals surface area contributed by atoms with Crippen molar-refractivity contribution in [1.82, 2.24) is 9.78 Å². The zero-order chi connectivity index (χ0) is 10.1. The summed E-state index contributed by atoms with van der Waals surface area (Å²) in [5.74, 6) is 0. The van der Waals surface area contributed by atoms with Crippen LogP contribution >= 0.6 is 11.6 Å². The van der Waals surface area contributed by atoms with Gasteiger partial charge in [0, 0.05) is 0 Å². The molecule has 0 aliphatic rings. The molecule has 2 rings (SSSR count). The predicted molar refractivity (Wildman–Crippen MR) is 58.0 cm³/mol. The van der Waals surface area contributed by atoms with Crippen LogP contribution in [0.3, 0.4) is 0 Å². The smallest absolute Gasteiger partial charge is 0.132 e. The number of rotatable bonds is 1. The molecule has 0 aliphatic heterocycles. The molecule has 0 spiro atoms. The second-order valence-corrected chi connectivity index (χ2v) is 3.74. The van der Waals surface area contributed by atoms with Gasteiger partial charge in [-0.25, -0.2) is 4.68 Å². The van der Waals surface area contributed by atoms with Crippen molar-refractivity contribution in [2.24, 2.45) is 0 Å². The highest BCUT2D eigenvalue weighted by molar-refractivity contribution is 6.29. The van der Waals surface area contributed by atoms with Gasteiger partial charge in [-0.1, -0.05) is 23.7 Å². The Bertz CT molecular complexity index is 460. The molecule has 0 N–H and O–H groups in total. The molecule has 0 fully saturated rings. The summed E-state index contributed by atoms with van der Waals surface area (Å²) >= 11 is 6.00. The first kappa shape index (κ1) is 9.28. The van der Waals surface area contributed by atoms with Gasteiger partial charge < -0.3 is 0 Å². The molecule has 0 saturated carbocycles. The first-order chi connectivity index (χ1) is 6.68. The minimum absolute atomic E-state index is 0.638. The molecule has 1 heterocycles. The Hall–Kier alpha value is -1.28. The van der Waals surface area contributed by atoms with Crippen molar-refractivity contribution >= 4 is 11.6 Å². The van der Waals surface area contributed by atoms with Crippen LogP contribution in [-0.4, -0.2) is 9.78 Å². The Morgan fingerprint density at radius 1 is 1.21 bits per heavy atom. The fraction of sp³-hybridized carbons (Fsp3) is 0.182. The molecule has 1 aromatic heterocycles. The minimum Gasteiger partial charge on any atom is -0.222 e. The lowest BCUT2D eigenvalue weighted by atomic mass is 10.1. The van der Waals surface area contributed by atoms with Gasteiger partial charge in [0.25, 0.3) is 0 Å². The third-order valence-electron chi connectivity index (χ3n) is 2.19. The van der Waals surface area contributed by atoms with E-state index < -0.39 is 0 Å². The van der Waals surface area contributed by atoms with Gasteiger partial charge in [-0.2, -0.15) is 5.10 Å². The van der Waals surface area contributed by atoms with Crippen molar-refractivity contribution in [3.05, 3.63) is 46.7 Å². The van der Waals surface area contributed by atoms with Crippen LogP contribution in [0.2, 0.25) is 5.15 Å². The van der Waals surface area contributed by atoms with Crippen LogP contribution in [0.1, 0.15) is 11.1 Å². The number of benzene rings is 1. The Kier molecular flexibility index (Phi) is 2.30. The first-order valence-electron chi connectivity index (χ1n) is 4.45. The van der Waals surface area contributed by atoms with E-state index in [1.54, 1.807) is 16.9 Å². The lowest BCUT2D eigenvalue weighted by Crippen LogP contribution is -1.99. The molecule has 0 amide bonds. The maximum atomic E-state index is 6.00. The van der Waals surface area contributed by atoms with Crippen LogP contribution in [0.4, 0.5) is 0 Å². The summed E-state index contributed by atoms with van der Waals surface area (Å²) in [6.07, 6.45) is 1.70. The highest BCUT2D eigenvalue weighted by atomic mass is 35.5. The zero-order valence-corrected chi connectivity index (χ0v) is 8.92. The average molecular weight is 207 g/mol. The topological polar surface area (TPSA) is 17.8 Å². The molecule has 1 aromatic carbocycles. The summed E-state index contributed by atoms with van der Waals surface area (Å²) in [7, 11) is 0. The maximum Gasteiger partial charge on any atom is 0.132 e. The van der Waals surface area contributed by atoms with Gasteiger partial charge in [0.1, 0.15) is 5.15 Å². The van der Waals surface area contributed by atoms with Crippen molar-refractivity contribution < 1.29 is 0 Å². The third kappa shape index (κ3) is 1.53. The summed E-state index contributed by atoms with van der Waals surface area (Å²) in [4.78, 5) is 0. The predicted octanol–water partition coefficient (Wildman–Crippen LogP) is 3.14. The Morgan fingerprint density at radius 3 is 2.64 bits per heavy atom. The van der Waals surface area contributed by atoms with E-state index >= 15 is 0 Å². The van der Waals surface area contributed by atoms with E-state index in [4.69, 9.17) is 11.6 Å². The zero-order valence-electron chi connectivity index (χ0n) is 8.16. The maximum absolute atomic E-state index is 6.00. The Balaban J connectivity index is 2.62. The van der Waals surface area contributed by atoms with E-state index in [-0.39, 0.29) is 0 Å². The Labute approximate surface area is 88.1 Å². The molecule has 0 radical (unpaired) electrons. The van der Waals surface area contributed by atoms with Crippen LogP contribution in [0.25, 0.3) is 5.69 Å². The van der Waals surface area contributed by atoms with Crippen molar-refractivity contribution in [3.8, 4) is 5.69 Å². The van der Waals surface area contributed by atoms with Crippen LogP contribution in [0.15, 0.2) is 30.5 Å². The molecule has 3 heteroatoms. The summed E-state index contributed by atoms with van der Waals surface area (Å²) in [5.41, 5.74) is 3.42. The van der Waals surface area contributed by atoms with Gasteiger partial charge >= 0.3 is 0 Å². The number of halogens is 1. The molecule has 2 aromatic rings. The van der Waals surface area contributed by atoms with Gasteiger partial charge in [-0.3, -0.25) is 0 Å². The van der Waals surface area contributed by atoms with Crippen molar-refractivity contribution in [2.45, 2.75) is 13.8 Å². The van der Waals surface area contributed by atoms with Gasteiger partial charge in [0.15, 0.2) is 0 Å². The van der Waals surface area contributed by atoms with Gasteiger partial charge in [0.05, 0.1) is 11.9 Å². The molecule has 0 aliphatic carbocycles. The lowest BCUT2D eigenvalue weighted by Gasteiger charge is -2.07. The van der Waals surface area contributed by atoms with E-state index in [0.717, 1.165) is 5.69 Å². The van der Waals surface area contributed by atoms with E-state index in [1.807, 2.05) is 6.92 Å². The van der Waals surface area contributed by atoms with Crippen LogP contribution in [-0.2, 0) is 0 Å². The van der Waals surface area contributed by atoms with Crippen LogP contribution in [0, 0.1) is 13.8 Å². The van der Waals surface area contributed by atoms with Crippen molar-refractivity contribution in [2.75, 3.05) is 0 Å². The molecule has 0 bridgehead atoms. The Morgan fingerprint density at radius 2 is 2.00 bits per heavy atom.